The maximum Gasteiger partial charge on any atom is 0.268 e. The van der Waals surface area contributed by atoms with E-state index in [0.717, 1.165) is 53.6 Å². The van der Waals surface area contributed by atoms with Crippen molar-refractivity contribution in [3.05, 3.63) is 70.8 Å². The predicted octanol–water partition coefficient (Wildman–Crippen LogP) is 3.69. The van der Waals surface area contributed by atoms with Crippen LogP contribution in [0.2, 0.25) is 0 Å². The van der Waals surface area contributed by atoms with Crippen molar-refractivity contribution in [2.24, 2.45) is 0 Å². The highest BCUT2D eigenvalue weighted by atomic mass is 32.1. The van der Waals surface area contributed by atoms with E-state index in [9.17, 15) is 9.90 Å². The molecule has 1 aliphatic rings. The van der Waals surface area contributed by atoms with Gasteiger partial charge < -0.3 is 19.7 Å². The monoisotopic (exact) mass is 448 g/mol. The maximum absolute atomic E-state index is 12.7. The number of benzene rings is 2. The fourth-order valence-electron chi connectivity index (χ4n) is 4.05. The first-order chi connectivity index (χ1) is 15.6. The van der Waals surface area contributed by atoms with Gasteiger partial charge in [-0.25, -0.2) is 4.98 Å². The number of methoxy groups -OCH3 is 1. The van der Waals surface area contributed by atoms with Gasteiger partial charge in [-0.15, -0.1) is 11.3 Å². The van der Waals surface area contributed by atoms with E-state index < -0.39 is 0 Å². The smallest absolute Gasteiger partial charge is 0.268 e. The second-order valence-corrected chi connectivity index (χ2v) is 8.87. The Balaban J connectivity index is 1.31. The highest BCUT2D eigenvalue weighted by molar-refractivity contribution is 7.22. The Labute approximate surface area is 189 Å². The Morgan fingerprint density at radius 1 is 1.09 bits per heavy atom. The van der Waals surface area contributed by atoms with Crippen molar-refractivity contribution in [3.63, 3.8) is 0 Å². The van der Waals surface area contributed by atoms with Crippen LogP contribution in [0.15, 0.2) is 59.4 Å². The number of anilines is 1. The van der Waals surface area contributed by atoms with Crippen LogP contribution in [0.3, 0.4) is 0 Å². The third-order valence-corrected chi connectivity index (χ3v) is 6.95. The lowest BCUT2D eigenvalue weighted by Gasteiger charge is -2.36. The SMILES string of the molecule is COc1ccc(-c2cc3nc(CN4CCN(c5ccccc5O)CC4)[nH]c(=O)c3s2)cc1. The summed E-state index contributed by atoms with van der Waals surface area (Å²) in [6.07, 6.45) is 0. The summed E-state index contributed by atoms with van der Waals surface area (Å²) in [5, 5.41) is 10.1. The molecule has 0 radical (unpaired) electrons. The van der Waals surface area contributed by atoms with E-state index in [4.69, 9.17) is 9.72 Å². The molecule has 1 fully saturated rings. The maximum atomic E-state index is 12.7. The highest BCUT2D eigenvalue weighted by Crippen LogP contribution is 2.32. The molecule has 0 bridgehead atoms. The van der Waals surface area contributed by atoms with Crippen molar-refractivity contribution in [2.45, 2.75) is 6.54 Å². The second kappa shape index (κ2) is 8.64. The highest BCUT2D eigenvalue weighted by Gasteiger charge is 2.20. The zero-order chi connectivity index (χ0) is 22.1. The number of nitrogens with one attached hydrogen (secondary N) is 1. The van der Waals surface area contributed by atoms with Gasteiger partial charge in [0, 0.05) is 31.1 Å². The molecular formula is C24H24N4O3S. The normalized spacial score (nSPS) is 14.7. The van der Waals surface area contributed by atoms with Crippen LogP contribution in [0.5, 0.6) is 11.5 Å². The number of thiophene rings is 1. The molecular weight excluding hydrogens is 424 g/mol. The molecule has 7 nitrogen and oxygen atoms in total. The summed E-state index contributed by atoms with van der Waals surface area (Å²) < 4.78 is 5.87. The van der Waals surface area contributed by atoms with Crippen molar-refractivity contribution >= 4 is 27.2 Å². The summed E-state index contributed by atoms with van der Waals surface area (Å²) in [4.78, 5) is 25.9. The van der Waals surface area contributed by atoms with E-state index in [0.29, 0.717) is 22.8 Å². The molecule has 164 valence electrons. The molecule has 4 aromatic rings. The number of hydrogen-bond donors (Lipinski definition) is 2. The van der Waals surface area contributed by atoms with E-state index in [1.807, 2.05) is 48.5 Å². The van der Waals surface area contributed by atoms with Gasteiger partial charge in [0.25, 0.3) is 5.56 Å². The van der Waals surface area contributed by atoms with Crippen molar-refractivity contribution in [1.29, 1.82) is 0 Å². The molecule has 0 saturated carbocycles. The molecule has 1 aliphatic heterocycles. The van der Waals surface area contributed by atoms with Gasteiger partial charge in [-0.3, -0.25) is 9.69 Å². The Hall–Kier alpha value is -3.36. The summed E-state index contributed by atoms with van der Waals surface area (Å²) in [5.74, 6) is 1.79. The standard InChI is InChI=1S/C24H24N4O3S/c1-31-17-8-6-16(7-9-17)21-14-18-23(32-21)24(30)26-22(25-18)15-27-10-12-28(13-11-27)19-4-2-3-5-20(19)29/h2-9,14,29H,10-13,15H2,1H3,(H,25,26,30). The van der Waals surface area contributed by atoms with Gasteiger partial charge in [-0.05, 0) is 48.0 Å². The minimum absolute atomic E-state index is 0.0948. The number of aromatic hydroxyl groups is 1. The topological polar surface area (TPSA) is 81.7 Å². The molecule has 0 atom stereocenters. The fourth-order valence-corrected chi connectivity index (χ4v) is 5.05. The summed E-state index contributed by atoms with van der Waals surface area (Å²) >= 11 is 1.45. The van der Waals surface area contributed by atoms with Crippen LogP contribution in [0.4, 0.5) is 5.69 Å². The number of hydrogen-bond acceptors (Lipinski definition) is 7. The molecule has 8 heteroatoms. The van der Waals surface area contributed by atoms with Crippen molar-refractivity contribution in [3.8, 4) is 21.9 Å². The first kappa shape index (κ1) is 20.5. The second-order valence-electron chi connectivity index (χ2n) is 7.82. The third-order valence-electron chi connectivity index (χ3n) is 5.77. The summed E-state index contributed by atoms with van der Waals surface area (Å²) in [7, 11) is 1.64. The number of piperazine rings is 1. The first-order valence-corrected chi connectivity index (χ1v) is 11.3. The largest absolute Gasteiger partial charge is 0.506 e. The number of ether oxygens (including phenoxy) is 1. The van der Waals surface area contributed by atoms with Gasteiger partial charge in [0.15, 0.2) is 0 Å². The lowest BCUT2D eigenvalue weighted by molar-refractivity contribution is 0.243. The summed E-state index contributed by atoms with van der Waals surface area (Å²) in [6.45, 7) is 3.87. The number of fused-ring (bicyclic) bond motifs is 1. The molecule has 2 N–H and O–H groups in total. The van der Waals surface area contributed by atoms with Gasteiger partial charge in [0.2, 0.25) is 0 Å². The Morgan fingerprint density at radius 3 is 2.56 bits per heavy atom. The summed E-state index contributed by atoms with van der Waals surface area (Å²) in [5.41, 5.74) is 2.54. The van der Waals surface area contributed by atoms with Crippen LogP contribution < -0.4 is 15.2 Å². The number of aromatic nitrogens is 2. The minimum Gasteiger partial charge on any atom is -0.506 e. The van der Waals surface area contributed by atoms with Gasteiger partial charge in [-0.1, -0.05) is 12.1 Å². The molecule has 32 heavy (non-hydrogen) atoms. The predicted molar refractivity (Wildman–Crippen MR) is 128 cm³/mol. The van der Waals surface area contributed by atoms with Crippen molar-refractivity contribution in [1.82, 2.24) is 14.9 Å². The number of nitrogens with zero attached hydrogens (tertiary/aromatic N) is 3. The lowest BCUT2D eigenvalue weighted by Crippen LogP contribution is -2.46. The molecule has 1 saturated heterocycles. The van der Waals surface area contributed by atoms with Crippen LogP contribution in [-0.2, 0) is 6.54 Å². The Bertz CT molecular complexity index is 1290. The molecule has 2 aromatic heterocycles. The molecule has 0 spiro atoms. The zero-order valence-electron chi connectivity index (χ0n) is 17.7. The number of phenolic OH excluding ortho intramolecular Hbond substituents is 1. The quantitative estimate of drug-likeness (QED) is 0.485. The Kier molecular flexibility index (Phi) is 5.55. The number of aromatic amines is 1. The van der Waals surface area contributed by atoms with Gasteiger partial charge in [0.1, 0.15) is 22.0 Å². The molecule has 5 rings (SSSR count). The van der Waals surface area contributed by atoms with E-state index in [-0.39, 0.29) is 5.56 Å². The van der Waals surface area contributed by atoms with Gasteiger partial charge in [0.05, 0.1) is 24.9 Å². The Morgan fingerprint density at radius 2 is 1.84 bits per heavy atom. The first-order valence-electron chi connectivity index (χ1n) is 10.5. The average molecular weight is 449 g/mol. The van der Waals surface area contributed by atoms with Gasteiger partial charge >= 0.3 is 0 Å². The van der Waals surface area contributed by atoms with Crippen LogP contribution >= 0.6 is 11.3 Å². The van der Waals surface area contributed by atoms with Crippen molar-refractivity contribution in [2.75, 3.05) is 38.2 Å². The molecule has 0 unspecified atom stereocenters. The van der Waals surface area contributed by atoms with E-state index in [1.165, 1.54) is 11.3 Å². The third kappa shape index (κ3) is 4.06. The van der Waals surface area contributed by atoms with Crippen LogP contribution in [0.25, 0.3) is 20.7 Å². The molecule has 3 heterocycles. The number of para-hydroxylation sites is 2. The number of H-pyrrole nitrogens is 1. The number of phenols is 1. The minimum atomic E-state index is -0.0948. The molecule has 2 aromatic carbocycles. The zero-order valence-corrected chi connectivity index (χ0v) is 18.6. The van der Waals surface area contributed by atoms with Gasteiger partial charge in [-0.2, -0.15) is 0 Å². The number of rotatable bonds is 5. The molecule has 0 amide bonds. The average Bonchev–Trinajstić information content (AvgIpc) is 3.25. The van der Waals surface area contributed by atoms with Crippen LogP contribution in [-0.4, -0.2) is 53.3 Å². The van der Waals surface area contributed by atoms with E-state index >= 15 is 0 Å². The fraction of sp³-hybridized carbons (Fsp3) is 0.250. The van der Waals surface area contributed by atoms with E-state index in [2.05, 4.69) is 14.8 Å². The molecule has 0 aliphatic carbocycles. The van der Waals surface area contributed by atoms with Crippen LogP contribution in [0, 0.1) is 0 Å². The van der Waals surface area contributed by atoms with Crippen LogP contribution in [0.1, 0.15) is 5.82 Å². The van der Waals surface area contributed by atoms with E-state index in [1.54, 1.807) is 13.2 Å². The summed E-state index contributed by atoms with van der Waals surface area (Å²) in [6, 6.07) is 17.2. The lowest BCUT2D eigenvalue weighted by atomic mass is 10.2. The van der Waals surface area contributed by atoms with Crippen molar-refractivity contribution < 1.29 is 9.84 Å².